The molecule has 0 aliphatic rings. The van der Waals surface area contributed by atoms with Crippen LogP contribution < -0.4 is 10.0 Å². The summed E-state index contributed by atoms with van der Waals surface area (Å²) in [6, 6.07) is 12.1. The first-order chi connectivity index (χ1) is 13.9. The molecule has 2 aromatic carbocycles. The molecular weight excluding hydrogens is 435 g/mol. The molecule has 0 atom stereocenters. The molecule has 2 N–H and O–H groups in total. The van der Waals surface area contributed by atoms with Gasteiger partial charge in [-0.15, -0.1) is 11.3 Å². The van der Waals surface area contributed by atoms with Crippen LogP contribution in [-0.4, -0.2) is 24.3 Å². The molecule has 0 saturated heterocycles. The maximum Gasteiger partial charge on any atom is 0.263 e. The van der Waals surface area contributed by atoms with E-state index in [2.05, 4.69) is 20.0 Å². The molecule has 2 heterocycles. The molecule has 0 saturated carbocycles. The summed E-state index contributed by atoms with van der Waals surface area (Å²) < 4.78 is 40.9. The fourth-order valence-corrected chi connectivity index (χ4v) is 5.38. The van der Waals surface area contributed by atoms with Gasteiger partial charge in [0.25, 0.3) is 10.0 Å². The fourth-order valence-electron chi connectivity index (χ4n) is 2.49. The molecule has 0 unspecified atom stereocenters. The van der Waals surface area contributed by atoms with Gasteiger partial charge >= 0.3 is 0 Å². The highest BCUT2D eigenvalue weighted by molar-refractivity contribution is 7.93. The summed E-state index contributed by atoms with van der Waals surface area (Å²) in [5, 5.41) is 4.79. The van der Waals surface area contributed by atoms with Crippen molar-refractivity contribution in [1.82, 2.24) is 9.97 Å². The Morgan fingerprint density at radius 3 is 2.66 bits per heavy atom. The van der Waals surface area contributed by atoms with Gasteiger partial charge in [0.1, 0.15) is 5.82 Å². The van der Waals surface area contributed by atoms with E-state index in [0.29, 0.717) is 21.0 Å². The second kappa shape index (κ2) is 7.85. The van der Waals surface area contributed by atoms with Gasteiger partial charge < -0.3 is 5.32 Å². The molecule has 4 rings (SSSR count). The van der Waals surface area contributed by atoms with Gasteiger partial charge in [0.05, 0.1) is 27.2 Å². The van der Waals surface area contributed by atoms with Crippen molar-refractivity contribution in [3.63, 3.8) is 0 Å². The van der Waals surface area contributed by atoms with Crippen LogP contribution in [-0.2, 0) is 21.2 Å². The highest BCUT2D eigenvalue weighted by Crippen LogP contribution is 2.27. The molecule has 4 aromatic rings. The van der Waals surface area contributed by atoms with Crippen LogP contribution in [0.25, 0.3) is 10.2 Å². The zero-order chi connectivity index (χ0) is 20.4. The Hall–Kier alpha value is -2.89. The van der Waals surface area contributed by atoms with Gasteiger partial charge in [-0.3, -0.25) is 9.52 Å². The van der Waals surface area contributed by atoms with Crippen molar-refractivity contribution in [2.45, 2.75) is 11.3 Å². The van der Waals surface area contributed by atoms with Crippen molar-refractivity contribution < 1.29 is 17.6 Å². The zero-order valence-electron chi connectivity index (χ0n) is 14.6. The Morgan fingerprint density at radius 2 is 1.86 bits per heavy atom. The topological polar surface area (TPSA) is 101 Å². The van der Waals surface area contributed by atoms with E-state index in [0.717, 1.165) is 11.3 Å². The summed E-state index contributed by atoms with van der Waals surface area (Å²) >= 11 is 2.26. The van der Waals surface area contributed by atoms with E-state index in [-0.39, 0.29) is 28.2 Å². The lowest BCUT2D eigenvalue weighted by Crippen LogP contribution is -2.15. The van der Waals surface area contributed by atoms with Gasteiger partial charge in [0.15, 0.2) is 10.3 Å². The minimum atomic E-state index is -3.74. The minimum absolute atomic E-state index is 0.0478. The first-order valence-electron chi connectivity index (χ1n) is 8.27. The van der Waals surface area contributed by atoms with E-state index >= 15 is 0 Å². The number of thiazole rings is 2. The monoisotopic (exact) mass is 448 g/mol. The molecule has 0 radical (unpaired) electrons. The first kappa shape index (κ1) is 19.4. The number of hydrogen-bond donors (Lipinski definition) is 2. The highest BCUT2D eigenvalue weighted by Gasteiger charge is 2.17. The molecule has 7 nitrogen and oxygen atoms in total. The molecule has 1 amide bonds. The van der Waals surface area contributed by atoms with Gasteiger partial charge in [0.2, 0.25) is 5.91 Å². The lowest BCUT2D eigenvalue weighted by Gasteiger charge is -2.04. The van der Waals surface area contributed by atoms with Gasteiger partial charge in [-0.2, -0.15) is 0 Å². The Kier molecular flexibility index (Phi) is 5.26. The maximum absolute atomic E-state index is 13.3. The Morgan fingerprint density at radius 1 is 1.07 bits per heavy atom. The summed E-state index contributed by atoms with van der Waals surface area (Å²) in [7, 11) is -3.74. The molecule has 29 heavy (non-hydrogen) atoms. The van der Waals surface area contributed by atoms with E-state index in [1.54, 1.807) is 29.6 Å². The molecule has 0 aliphatic carbocycles. The van der Waals surface area contributed by atoms with Crippen molar-refractivity contribution in [3.05, 3.63) is 65.4 Å². The number of rotatable bonds is 6. The van der Waals surface area contributed by atoms with Gasteiger partial charge in [-0.25, -0.2) is 22.8 Å². The number of anilines is 2. The van der Waals surface area contributed by atoms with Gasteiger partial charge in [-0.1, -0.05) is 29.5 Å². The Bertz CT molecular complexity index is 1290. The van der Waals surface area contributed by atoms with Crippen LogP contribution in [0, 0.1) is 5.82 Å². The van der Waals surface area contributed by atoms with E-state index in [1.165, 1.54) is 35.6 Å². The number of hydrogen-bond acceptors (Lipinski definition) is 7. The van der Waals surface area contributed by atoms with Gasteiger partial charge in [0, 0.05) is 5.38 Å². The number of sulfonamides is 1. The minimum Gasteiger partial charge on any atom is -0.302 e. The number of nitrogens with one attached hydrogen (secondary N) is 2. The summed E-state index contributed by atoms with van der Waals surface area (Å²) in [5.74, 6) is -0.723. The number of halogens is 1. The standard InChI is InChI=1S/C18H13FN4O3S3/c19-11-6-7-14-15(8-11)28-17(21-14)22-16(24)9-12-10-27-18(20-12)23-29(25,26)13-4-2-1-3-5-13/h1-8,10H,9H2,(H,20,23)(H,21,22,24). The number of amides is 1. The van der Waals surface area contributed by atoms with Crippen LogP contribution in [0.15, 0.2) is 58.8 Å². The van der Waals surface area contributed by atoms with Crippen LogP contribution >= 0.6 is 22.7 Å². The fraction of sp³-hybridized carbons (Fsp3) is 0.0556. The molecular formula is C18H13FN4O3S3. The number of benzene rings is 2. The highest BCUT2D eigenvalue weighted by atomic mass is 32.2. The van der Waals surface area contributed by atoms with Crippen molar-refractivity contribution in [3.8, 4) is 0 Å². The van der Waals surface area contributed by atoms with Crippen molar-refractivity contribution in [2.24, 2.45) is 0 Å². The molecule has 0 fully saturated rings. The van der Waals surface area contributed by atoms with Crippen LogP contribution in [0.2, 0.25) is 0 Å². The lowest BCUT2D eigenvalue weighted by atomic mass is 10.3. The molecule has 0 aliphatic heterocycles. The second-order valence-corrected chi connectivity index (χ2v) is 9.49. The van der Waals surface area contributed by atoms with Gasteiger partial charge in [-0.05, 0) is 30.3 Å². The average molecular weight is 449 g/mol. The van der Waals surface area contributed by atoms with Crippen LogP contribution in [0.3, 0.4) is 0 Å². The molecule has 11 heteroatoms. The lowest BCUT2D eigenvalue weighted by molar-refractivity contribution is -0.115. The van der Waals surface area contributed by atoms with Crippen LogP contribution in [0.4, 0.5) is 14.7 Å². The van der Waals surface area contributed by atoms with Crippen LogP contribution in [0.5, 0.6) is 0 Å². The number of carbonyl (C=O) groups is 1. The molecule has 0 bridgehead atoms. The molecule has 0 spiro atoms. The Balaban J connectivity index is 1.41. The third-order valence-corrected chi connectivity index (χ3v) is 6.99. The predicted octanol–water partition coefficient (Wildman–Crippen LogP) is 3.87. The largest absolute Gasteiger partial charge is 0.302 e. The Labute approximate surface area is 173 Å². The quantitative estimate of drug-likeness (QED) is 0.466. The third-order valence-electron chi connectivity index (χ3n) is 3.77. The van der Waals surface area contributed by atoms with E-state index in [1.807, 2.05) is 0 Å². The first-order valence-corrected chi connectivity index (χ1v) is 11.5. The number of aromatic nitrogens is 2. The molecule has 148 valence electrons. The zero-order valence-corrected chi connectivity index (χ0v) is 17.1. The normalized spacial score (nSPS) is 11.5. The SMILES string of the molecule is O=C(Cc1csc(NS(=O)(=O)c2ccccc2)n1)Nc1nc2ccc(F)cc2s1. The predicted molar refractivity (Wildman–Crippen MR) is 111 cm³/mol. The van der Waals surface area contributed by atoms with Crippen molar-refractivity contribution >= 4 is 59.1 Å². The number of nitrogens with zero attached hydrogens (tertiary/aromatic N) is 2. The number of fused-ring (bicyclic) bond motifs is 1. The summed E-state index contributed by atoms with van der Waals surface area (Å²) in [6.45, 7) is 0. The average Bonchev–Trinajstić information content (AvgIpc) is 3.27. The molecule has 2 aromatic heterocycles. The van der Waals surface area contributed by atoms with Crippen LogP contribution in [0.1, 0.15) is 5.69 Å². The van der Waals surface area contributed by atoms with E-state index < -0.39 is 10.0 Å². The van der Waals surface area contributed by atoms with E-state index in [9.17, 15) is 17.6 Å². The maximum atomic E-state index is 13.3. The number of carbonyl (C=O) groups excluding carboxylic acids is 1. The van der Waals surface area contributed by atoms with Crippen molar-refractivity contribution in [1.29, 1.82) is 0 Å². The van der Waals surface area contributed by atoms with Crippen molar-refractivity contribution in [2.75, 3.05) is 10.0 Å². The van der Waals surface area contributed by atoms with E-state index in [4.69, 9.17) is 0 Å². The summed E-state index contributed by atoms with van der Waals surface area (Å²) in [5.41, 5.74) is 1.02. The second-order valence-electron chi connectivity index (χ2n) is 5.92. The third kappa shape index (κ3) is 4.58. The summed E-state index contributed by atoms with van der Waals surface area (Å²) in [4.78, 5) is 20.8. The smallest absolute Gasteiger partial charge is 0.263 e. The summed E-state index contributed by atoms with van der Waals surface area (Å²) in [6.07, 6.45) is -0.0478.